The monoisotopic (exact) mass is 283 g/mol. The lowest BCUT2D eigenvalue weighted by molar-refractivity contribution is 0.460. The number of hydrogen-bond acceptors (Lipinski definition) is 6. The molecule has 1 N–H and O–H groups in total. The Labute approximate surface area is 120 Å². The minimum absolute atomic E-state index is 0.378. The molecule has 106 valence electrons. The Bertz CT molecular complexity index is 858. The van der Waals surface area contributed by atoms with E-state index < -0.39 is 0 Å². The normalized spacial score (nSPS) is 10.6. The van der Waals surface area contributed by atoms with Gasteiger partial charge in [-0.1, -0.05) is 0 Å². The van der Waals surface area contributed by atoms with Crippen LogP contribution in [0, 0.1) is 6.92 Å². The molecule has 0 fully saturated rings. The van der Waals surface area contributed by atoms with Crippen LogP contribution in [0.5, 0.6) is 11.6 Å². The molecular weight excluding hydrogens is 270 g/mol. The van der Waals surface area contributed by atoms with E-state index in [1.165, 1.54) is 12.4 Å². The predicted octanol–water partition coefficient (Wildman–Crippen LogP) is 2.73. The minimum Gasteiger partial charge on any atom is -0.439 e. The lowest BCUT2D eigenvalue weighted by Gasteiger charge is -2.07. The van der Waals surface area contributed by atoms with Gasteiger partial charge in [0.25, 0.3) is 0 Å². The summed E-state index contributed by atoms with van der Waals surface area (Å²) in [5.41, 5.74) is 0.976. The van der Waals surface area contributed by atoms with Crippen molar-refractivity contribution in [1.82, 2.24) is 9.97 Å². The zero-order chi connectivity index (χ0) is 14.8. The van der Waals surface area contributed by atoms with Crippen molar-refractivity contribution >= 4 is 16.8 Å². The molecule has 6 nitrogen and oxygen atoms in total. The number of nitrogens with one attached hydrogen (secondary N) is 1. The number of hydrogen-bond donors (Lipinski definition) is 1. The molecule has 0 aliphatic heterocycles. The molecule has 0 saturated heterocycles. The second-order valence-electron chi connectivity index (χ2n) is 4.50. The van der Waals surface area contributed by atoms with E-state index in [1.54, 1.807) is 25.2 Å². The van der Waals surface area contributed by atoms with Crippen LogP contribution in [0.4, 0.5) is 5.82 Å². The Morgan fingerprint density at radius 1 is 1.19 bits per heavy atom. The van der Waals surface area contributed by atoms with E-state index in [4.69, 9.17) is 9.15 Å². The Balaban J connectivity index is 1.99. The zero-order valence-corrected chi connectivity index (χ0v) is 11.6. The van der Waals surface area contributed by atoms with E-state index in [0.29, 0.717) is 23.0 Å². The Morgan fingerprint density at radius 2 is 2.05 bits per heavy atom. The summed E-state index contributed by atoms with van der Waals surface area (Å²) in [6, 6.07) is 8.47. The van der Waals surface area contributed by atoms with E-state index in [1.807, 2.05) is 13.0 Å². The number of anilines is 1. The van der Waals surface area contributed by atoms with E-state index in [2.05, 4.69) is 15.3 Å². The van der Waals surface area contributed by atoms with Gasteiger partial charge in [0.1, 0.15) is 23.5 Å². The summed E-state index contributed by atoms with van der Waals surface area (Å²) in [5.74, 6) is 1.60. The number of benzene rings is 1. The Kier molecular flexibility index (Phi) is 3.27. The van der Waals surface area contributed by atoms with Crippen molar-refractivity contribution in [2.24, 2.45) is 0 Å². The first-order valence-corrected chi connectivity index (χ1v) is 6.38. The smallest absolute Gasteiger partial charge is 0.336 e. The summed E-state index contributed by atoms with van der Waals surface area (Å²) in [4.78, 5) is 19.5. The first-order valence-electron chi connectivity index (χ1n) is 6.38. The van der Waals surface area contributed by atoms with Gasteiger partial charge in [-0.05, 0) is 24.6 Å². The van der Waals surface area contributed by atoms with Crippen molar-refractivity contribution in [3.8, 4) is 11.6 Å². The number of ether oxygens (including phenoxy) is 1. The molecule has 0 radical (unpaired) electrons. The molecule has 3 aromatic rings. The fourth-order valence-corrected chi connectivity index (χ4v) is 2.02. The summed E-state index contributed by atoms with van der Waals surface area (Å²) >= 11 is 0. The standard InChI is InChI=1S/C15H13N3O3/c1-9-5-15(19)21-12-6-10(3-4-11(9)12)20-14-7-13(16-2)17-8-18-14/h3-8H,1-2H3,(H,16,17,18). The molecule has 2 aromatic heterocycles. The van der Waals surface area contributed by atoms with Gasteiger partial charge in [-0.3, -0.25) is 0 Å². The number of rotatable bonds is 3. The molecule has 6 heteroatoms. The van der Waals surface area contributed by atoms with Gasteiger partial charge in [0.15, 0.2) is 0 Å². The molecule has 3 rings (SSSR count). The van der Waals surface area contributed by atoms with Crippen molar-refractivity contribution in [3.05, 3.63) is 52.6 Å². The van der Waals surface area contributed by atoms with E-state index in [-0.39, 0.29) is 5.63 Å². The van der Waals surface area contributed by atoms with Crippen molar-refractivity contribution < 1.29 is 9.15 Å². The van der Waals surface area contributed by atoms with Crippen LogP contribution in [0.2, 0.25) is 0 Å². The van der Waals surface area contributed by atoms with Gasteiger partial charge in [-0.2, -0.15) is 0 Å². The fraction of sp³-hybridized carbons (Fsp3) is 0.133. The van der Waals surface area contributed by atoms with Crippen LogP contribution in [0.3, 0.4) is 0 Å². The number of aryl methyl sites for hydroxylation is 1. The van der Waals surface area contributed by atoms with E-state index >= 15 is 0 Å². The van der Waals surface area contributed by atoms with E-state index in [0.717, 1.165) is 10.9 Å². The van der Waals surface area contributed by atoms with Gasteiger partial charge in [-0.15, -0.1) is 0 Å². The SMILES string of the molecule is CNc1cc(Oc2ccc3c(C)cc(=O)oc3c2)ncn1. The van der Waals surface area contributed by atoms with Crippen LogP contribution < -0.4 is 15.7 Å². The van der Waals surface area contributed by atoms with Gasteiger partial charge >= 0.3 is 5.63 Å². The second kappa shape index (κ2) is 5.24. The lowest BCUT2D eigenvalue weighted by Crippen LogP contribution is -1.98. The third kappa shape index (κ3) is 2.69. The van der Waals surface area contributed by atoms with Gasteiger partial charge in [-0.25, -0.2) is 14.8 Å². The topological polar surface area (TPSA) is 77.2 Å². The van der Waals surface area contributed by atoms with Crippen LogP contribution in [-0.2, 0) is 0 Å². The average Bonchev–Trinajstić information content (AvgIpc) is 2.47. The maximum absolute atomic E-state index is 11.4. The molecule has 0 saturated carbocycles. The Morgan fingerprint density at radius 3 is 2.86 bits per heavy atom. The average molecular weight is 283 g/mol. The summed E-state index contributed by atoms with van der Waals surface area (Å²) < 4.78 is 10.8. The van der Waals surface area contributed by atoms with Gasteiger partial charge < -0.3 is 14.5 Å². The van der Waals surface area contributed by atoms with Gasteiger partial charge in [0.2, 0.25) is 5.88 Å². The van der Waals surface area contributed by atoms with Crippen LogP contribution in [0.1, 0.15) is 5.56 Å². The molecule has 0 atom stereocenters. The number of aromatic nitrogens is 2. The van der Waals surface area contributed by atoms with Crippen molar-refractivity contribution in [3.63, 3.8) is 0 Å². The molecule has 0 amide bonds. The molecular formula is C15H13N3O3. The molecule has 2 heterocycles. The first kappa shape index (κ1) is 13.1. The first-order chi connectivity index (χ1) is 10.2. The fourth-order valence-electron chi connectivity index (χ4n) is 2.02. The van der Waals surface area contributed by atoms with Crippen LogP contribution >= 0.6 is 0 Å². The van der Waals surface area contributed by atoms with Gasteiger partial charge in [0, 0.05) is 30.6 Å². The molecule has 1 aromatic carbocycles. The van der Waals surface area contributed by atoms with Crippen LogP contribution in [0.15, 0.2) is 45.9 Å². The molecule has 0 unspecified atom stereocenters. The maximum Gasteiger partial charge on any atom is 0.336 e. The quantitative estimate of drug-likeness (QED) is 0.745. The van der Waals surface area contributed by atoms with Crippen molar-refractivity contribution in [2.75, 3.05) is 12.4 Å². The lowest BCUT2D eigenvalue weighted by atomic mass is 10.1. The minimum atomic E-state index is -0.378. The van der Waals surface area contributed by atoms with Gasteiger partial charge in [0.05, 0.1) is 0 Å². The largest absolute Gasteiger partial charge is 0.439 e. The van der Waals surface area contributed by atoms with Crippen LogP contribution in [0.25, 0.3) is 11.0 Å². The third-order valence-electron chi connectivity index (χ3n) is 3.04. The predicted molar refractivity (Wildman–Crippen MR) is 78.9 cm³/mol. The molecule has 0 spiro atoms. The van der Waals surface area contributed by atoms with Crippen molar-refractivity contribution in [2.45, 2.75) is 6.92 Å². The molecule has 0 aliphatic carbocycles. The Hall–Kier alpha value is -2.89. The summed E-state index contributed by atoms with van der Waals surface area (Å²) in [5, 5.41) is 3.78. The highest BCUT2D eigenvalue weighted by molar-refractivity contribution is 5.81. The molecule has 0 aliphatic rings. The third-order valence-corrected chi connectivity index (χ3v) is 3.04. The second-order valence-corrected chi connectivity index (χ2v) is 4.50. The summed E-state index contributed by atoms with van der Waals surface area (Å²) in [7, 11) is 1.76. The molecule has 0 bridgehead atoms. The highest BCUT2D eigenvalue weighted by atomic mass is 16.5. The maximum atomic E-state index is 11.4. The summed E-state index contributed by atoms with van der Waals surface area (Å²) in [6.45, 7) is 1.86. The van der Waals surface area contributed by atoms with Crippen LogP contribution in [-0.4, -0.2) is 17.0 Å². The van der Waals surface area contributed by atoms with Crippen molar-refractivity contribution in [1.29, 1.82) is 0 Å². The number of fused-ring (bicyclic) bond motifs is 1. The zero-order valence-electron chi connectivity index (χ0n) is 11.6. The summed E-state index contributed by atoms with van der Waals surface area (Å²) in [6.07, 6.45) is 1.41. The number of nitrogens with zero attached hydrogens (tertiary/aromatic N) is 2. The highest BCUT2D eigenvalue weighted by Gasteiger charge is 2.06. The molecule has 21 heavy (non-hydrogen) atoms. The highest BCUT2D eigenvalue weighted by Crippen LogP contribution is 2.26. The van der Waals surface area contributed by atoms with E-state index in [9.17, 15) is 4.79 Å².